The quantitative estimate of drug-likeness (QED) is 0.815. The normalized spacial score (nSPS) is 15.8. The van der Waals surface area contributed by atoms with Crippen LogP contribution in [0.15, 0.2) is 29.2 Å². The molecule has 2 heterocycles. The summed E-state index contributed by atoms with van der Waals surface area (Å²) in [6, 6.07) is 6.22. The number of sulfonamides is 1. The van der Waals surface area contributed by atoms with Gasteiger partial charge in [0.2, 0.25) is 12.5 Å². The number of likely N-dealkylation sites (N-methyl/N-ethyl adjacent to an activating group) is 1. The van der Waals surface area contributed by atoms with Gasteiger partial charge in [-0.2, -0.15) is 0 Å². The average Bonchev–Trinajstić information content (AvgIpc) is 3.17. The largest absolute Gasteiger partial charge is 0.497 e. The summed E-state index contributed by atoms with van der Waals surface area (Å²) >= 11 is 0. The van der Waals surface area contributed by atoms with Gasteiger partial charge in [0.15, 0.2) is 11.5 Å². The Kier molecular flexibility index (Phi) is 4.72. The standard InChI is InChI=1S/C19H22N2O6S/c1-21-9-8-14-15(10-21)17(25-3)19-18(26-11-27-19)16(14)20-28(22,23)13-6-4-12(24-2)5-7-13/h4-7,20H,8-11H2,1-3H3. The predicted molar refractivity (Wildman–Crippen MR) is 103 cm³/mol. The van der Waals surface area contributed by atoms with Gasteiger partial charge < -0.3 is 23.8 Å². The Labute approximate surface area is 164 Å². The molecule has 0 saturated heterocycles. The molecule has 28 heavy (non-hydrogen) atoms. The van der Waals surface area contributed by atoms with E-state index in [1.807, 2.05) is 7.05 Å². The lowest BCUT2D eigenvalue weighted by Gasteiger charge is -2.29. The van der Waals surface area contributed by atoms with Crippen LogP contribution in [0.2, 0.25) is 0 Å². The van der Waals surface area contributed by atoms with E-state index in [-0.39, 0.29) is 11.7 Å². The van der Waals surface area contributed by atoms with E-state index in [0.29, 0.717) is 41.7 Å². The van der Waals surface area contributed by atoms with Crippen molar-refractivity contribution in [2.75, 3.05) is 39.3 Å². The first-order valence-corrected chi connectivity index (χ1v) is 10.3. The number of hydrogen-bond acceptors (Lipinski definition) is 7. The summed E-state index contributed by atoms with van der Waals surface area (Å²) in [4.78, 5) is 2.29. The van der Waals surface area contributed by atoms with Gasteiger partial charge in [0.1, 0.15) is 5.75 Å². The minimum absolute atomic E-state index is 0.0156. The van der Waals surface area contributed by atoms with Crippen LogP contribution in [-0.4, -0.2) is 47.9 Å². The van der Waals surface area contributed by atoms with Crippen molar-refractivity contribution >= 4 is 15.7 Å². The maximum absolute atomic E-state index is 13.0. The molecule has 4 rings (SSSR count). The highest BCUT2D eigenvalue weighted by Gasteiger charge is 2.34. The summed E-state index contributed by atoms with van der Waals surface area (Å²) in [6.07, 6.45) is 0.666. The Morgan fingerprint density at radius 1 is 1.04 bits per heavy atom. The molecule has 0 saturated carbocycles. The molecule has 0 bridgehead atoms. The molecule has 0 fully saturated rings. The smallest absolute Gasteiger partial charge is 0.262 e. The molecule has 2 aromatic rings. The van der Waals surface area contributed by atoms with E-state index < -0.39 is 10.0 Å². The molecule has 0 unspecified atom stereocenters. The van der Waals surface area contributed by atoms with Crippen LogP contribution in [0.1, 0.15) is 11.1 Å². The Balaban J connectivity index is 1.81. The van der Waals surface area contributed by atoms with Crippen molar-refractivity contribution in [3.05, 3.63) is 35.4 Å². The molecule has 150 valence electrons. The summed E-state index contributed by atoms with van der Waals surface area (Å²) in [5.41, 5.74) is 2.21. The van der Waals surface area contributed by atoms with E-state index in [0.717, 1.165) is 17.7 Å². The van der Waals surface area contributed by atoms with Gasteiger partial charge in [-0.3, -0.25) is 4.72 Å². The zero-order valence-corrected chi connectivity index (χ0v) is 16.8. The van der Waals surface area contributed by atoms with Crippen LogP contribution in [0.5, 0.6) is 23.0 Å². The number of ether oxygens (including phenoxy) is 4. The zero-order chi connectivity index (χ0) is 19.9. The predicted octanol–water partition coefficient (Wildman–Crippen LogP) is 2.22. The SMILES string of the molecule is COc1ccc(S(=O)(=O)Nc2c3c(c(OC)c4c2OCO4)CN(C)CC3)cc1. The third kappa shape index (κ3) is 3.10. The first-order valence-electron chi connectivity index (χ1n) is 8.81. The van der Waals surface area contributed by atoms with Crippen molar-refractivity contribution in [3.63, 3.8) is 0 Å². The number of nitrogens with one attached hydrogen (secondary N) is 1. The van der Waals surface area contributed by atoms with Crippen molar-refractivity contribution in [1.82, 2.24) is 4.90 Å². The molecular formula is C19H22N2O6S. The van der Waals surface area contributed by atoms with Gasteiger partial charge in [-0.1, -0.05) is 0 Å². The summed E-state index contributed by atoms with van der Waals surface area (Å²) in [5.74, 6) is 1.99. The number of nitrogens with zero attached hydrogens (tertiary/aromatic N) is 1. The second kappa shape index (κ2) is 7.06. The molecule has 1 N–H and O–H groups in total. The summed E-state index contributed by atoms with van der Waals surface area (Å²) in [7, 11) is 1.29. The van der Waals surface area contributed by atoms with Gasteiger partial charge in [0.05, 0.1) is 24.8 Å². The summed E-state index contributed by atoms with van der Waals surface area (Å²) in [6.45, 7) is 1.45. The summed E-state index contributed by atoms with van der Waals surface area (Å²) < 4.78 is 50.6. The van der Waals surface area contributed by atoms with Crippen molar-refractivity contribution in [2.24, 2.45) is 0 Å². The van der Waals surface area contributed by atoms with E-state index in [4.69, 9.17) is 18.9 Å². The third-order valence-corrected chi connectivity index (χ3v) is 6.33. The molecule has 0 spiro atoms. The van der Waals surface area contributed by atoms with Gasteiger partial charge >= 0.3 is 0 Å². The lowest BCUT2D eigenvalue weighted by molar-refractivity contribution is 0.171. The molecular weight excluding hydrogens is 384 g/mol. The molecule has 2 aromatic carbocycles. The number of anilines is 1. The fourth-order valence-corrected chi connectivity index (χ4v) is 4.66. The van der Waals surface area contributed by atoms with Crippen LogP contribution >= 0.6 is 0 Å². The van der Waals surface area contributed by atoms with E-state index in [2.05, 4.69) is 9.62 Å². The molecule has 0 atom stereocenters. The first-order chi connectivity index (χ1) is 13.4. The maximum Gasteiger partial charge on any atom is 0.262 e. The van der Waals surface area contributed by atoms with Crippen LogP contribution in [-0.2, 0) is 23.0 Å². The second-order valence-electron chi connectivity index (χ2n) is 6.70. The maximum atomic E-state index is 13.0. The Hall–Kier alpha value is -2.65. The molecule has 2 aliphatic heterocycles. The van der Waals surface area contributed by atoms with Gasteiger partial charge in [-0.25, -0.2) is 8.42 Å². The Morgan fingerprint density at radius 2 is 1.75 bits per heavy atom. The van der Waals surface area contributed by atoms with E-state index in [1.165, 1.54) is 19.2 Å². The molecule has 0 amide bonds. The molecule has 9 heteroatoms. The van der Waals surface area contributed by atoms with E-state index in [1.54, 1.807) is 19.2 Å². The van der Waals surface area contributed by atoms with Crippen LogP contribution in [0.25, 0.3) is 0 Å². The van der Waals surface area contributed by atoms with Crippen molar-refractivity contribution < 1.29 is 27.4 Å². The minimum atomic E-state index is -3.82. The number of rotatable bonds is 5. The van der Waals surface area contributed by atoms with Crippen LogP contribution < -0.4 is 23.7 Å². The van der Waals surface area contributed by atoms with Gasteiger partial charge in [-0.15, -0.1) is 0 Å². The molecule has 8 nitrogen and oxygen atoms in total. The van der Waals surface area contributed by atoms with Crippen LogP contribution in [0.4, 0.5) is 5.69 Å². The first kappa shape index (κ1) is 18.7. The van der Waals surface area contributed by atoms with E-state index >= 15 is 0 Å². The highest BCUT2D eigenvalue weighted by molar-refractivity contribution is 7.92. The van der Waals surface area contributed by atoms with Crippen molar-refractivity contribution in [2.45, 2.75) is 17.9 Å². The zero-order valence-electron chi connectivity index (χ0n) is 15.9. The van der Waals surface area contributed by atoms with Crippen molar-refractivity contribution in [1.29, 1.82) is 0 Å². The second-order valence-corrected chi connectivity index (χ2v) is 8.38. The molecule has 0 aromatic heterocycles. The topological polar surface area (TPSA) is 86.3 Å². The Morgan fingerprint density at radius 3 is 2.43 bits per heavy atom. The molecule has 2 aliphatic rings. The minimum Gasteiger partial charge on any atom is -0.497 e. The lowest BCUT2D eigenvalue weighted by atomic mass is 9.96. The van der Waals surface area contributed by atoms with Crippen LogP contribution in [0, 0.1) is 0 Å². The fraction of sp³-hybridized carbons (Fsp3) is 0.368. The average molecular weight is 406 g/mol. The molecule has 0 radical (unpaired) electrons. The number of methoxy groups -OCH3 is 2. The highest BCUT2D eigenvalue weighted by atomic mass is 32.2. The van der Waals surface area contributed by atoms with Crippen LogP contribution in [0.3, 0.4) is 0 Å². The number of hydrogen-bond donors (Lipinski definition) is 1. The monoisotopic (exact) mass is 406 g/mol. The highest BCUT2D eigenvalue weighted by Crippen LogP contribution is 2.52. The van der Waals surface area contributed by atoms with Gasteiger partial charge in [-0.05, 0) is 43.3 Å². The van der Waals surface area contributed by atoms with Crippen molar-refractivity contribution in [3.8, 4) is 23.0 Å². The van der Waals surface area contributed by atoms with E-state index in [9.17, 15) is 8.42 Å². The summed E-state index contributed by atoms with van der Waals surface area (Å²) in [5, 5.41) is 0. The number of benzene rings is 2. The van der Waals surface area contributed by atoms with Gasteiger partial charge in [0.25, 0.3) is 10.0 Å². The number of fused-ring (bicyclic) bond motifs is 2. The molecule has 0 aliphatic carbocycles. The third-order valence-electron chi connectivity index (χ3n) is 4.97. The Bertz CT molecular complexity index is 1000. The lowest BCUT2D eigenvalue weighted by Crippen LogP contribution is -2.28. The van der Waals surface area contributed by atoms with Gasteiger partial charge in [0, 0.05) is 18.7 Å². The fourth-order valence-electron chi connectivity index (χ4n) is 3.56.